The third-order valence-corrected chi connectivity index (χ3v) is 4.01. The van der Waals surface area contributed by atoms with Gasteiger partial charge in [-0.2, -0.15) is 0 Å². The predicted molar refractivity (Wildman–Crippen MR) is 84.7 cm³/mol. The lowest BCUT2D eigenvalue weighted by atomic mass is 10.0. The Labute approximate surface area is 140 Å². The molecule has 24 heavy (non-hydrogen) atoms. The molecule has 0 aromatic carbocycles. The smallest absolute Gasteiger partial charge is 0.325 e. The highest BCUT2D eigenvalue weighted by Gasteiger charge is 2.38. The topological polar surface area (TPSA) is 112 Å². The fourth-order valence-electron chi connectivity index (χ4n) is 2.46. The van der Waals surface area contributed by atoms with E-state index in [9.17, 15) is 19.5 Å². The van der Waals surface area contributed by atoms with Gasteiger partial charge in [0, 0.05) is 6.42 Å². The minimum atomic E-state index is -0.718. The number of nitrogens with zero attached hydrogens (tertiary/aromatic N) is 1. The molecule has 3 N–H and O–H groups in total. The molecule has 2 atom stereocenters. The van der Waals surface area contributed by atoms with Crippen molar-refractivity contribution in [3.05, 3.63) is 24.2 Å². The Morgan fingerprint density at radius 1 is 1.46 bits per heavy atom. The van der Waals surface area contributed by atoms with Crippen molar-refractivity contribution in [3.8, 4) is 0 Å². The van der Waals surface area contributed by atoms with Gasteiger partial charge in [-0.3, -0.25) is 14.5 Å². The first-order chi connectivity index (χ1) is 11.4. The second-order valence-corrected chi connectivity index (χ2v) is 6.15. The van der Waals surface area contributed by atoms with Gasteiger partial charge in [0.2, 0.25) is 5.91 Å². The van der Waals surface area contributed by atoms with Gasteiger partial charge >= 0.3 is 6.03 Å². The van der Waals surface area contributed by atoms with Crippen LogP contribution in [0.2, 0.25) is 0 Å². The third-order valence-electron chi connectivity index (χ3n) is 4.01. The van der Waals surface area contributed by atoms with Crippen LogP contribution in [0, 0.1) is 5.92 Å². The molecule has 1 aromatic heterocycles. The first kappa shape index (κ1) is 18.0. The lowest BCUT2D eigenvalue weighted by Gasteiger charge is -2.20. The van der Waals surface area contributed by atoms with Gasteiger partial charge in [-0.05, 0) is 24.5 Å². The van der Waals surface area contributed by atoms with Crippen LogP contribution in [0.25, 0.3) is 0 Å². The van der Waals surface area contributed by atoms with E-state index in [1.54, 1.807) is 12.1 Å². The Bertz CT molecular complexity index is 585. The highest BCUT2D eigenvalue weighted by molar-refractivity contribution is 6.04. The van der Waals surface area contributed by atoms with Crippen molar-refractivity contribution in [2.24, 2.45) is 5.92 Å². The van der Waals surface area contributed by atoms with Gasteiger partial charge in [-0.15, -0.1) is 0 Å². The number of imide groups is 1. The maximum atomic E-state index is 12.3. The summed E-state index contributed by atoms with van der Waals surface area (Å²) in [6.07, 6.45) is 1.78. The molecule has 1 fully saturated rings. The maximum absolute atomic E-state index is 12.3. The second kappa shape index (κ2) is 7.96. The number of urea groups is 1. The first-order valence-corrected chi connectivity index (χ1v) is 7.96. The largest absolute Gasteiger partial charge is 0.467 e. The van der Waals surface area contributed by atoms with E-state index in [1.165, 1.54) is 6.26 Å². The van der Waals surface area contributed by atoms with E-state index in [0.29, 0.717) is 5.76 Å². The molecule has 0 aliphatic carbocycles. The molecule has 8 heteroatoms. The van der Waals surface area contributed by atoms with Crippen LogP contribution in [0.5, 0.6) is 0 Å². The van der Waals surface area contributed by atoms with Crippen LogP contribution < -0.4 is 10.6 Å². The normalized spacial score (nSPS) is 18.8. The number of hydrogen-bond acceptors (Lipinski definition) is 5. The quantitative estimate of drug-likeness (QED) is 0.602. The van der Waals surface area contributed by atoms with E-state index in [2.05, 4.69) is 10.6 Å². The van der Waals surface area contributed by atoms with Gasteiger partial charge < -0.3 is 20.2 Å². The monoisotopic (exact) mass is 337 g/mol. The number of carbonyl (C=O) groups is 3. The number of carbonyl (C=O) groups excluding carboxylic acids is 3. The standard InChI is InChI=1S/C16H23N3O5/c1-10(2)13(9-20)17-14(21)6-5-12-15(22)19(16(23)18-12)8-11-4-3-7-24-11/h3-4,7,10,12-13,20H,5-6,8-9H2,1-2H3,(H,17,21)(H,18,23)/t12-,13-/m0/s1. The minimum absolute atomic E-state index is 0.0697. The van der Waals surface area contributed by atoms with Crippen molar-refractivity contribution in [2.45, 2.75) is 45.3 Å². The zero-order valence-corrected chi connectivity index (χ0v) is 13.8. The molecule has 0 radical (unpaired) electrons. The molecule has 0 bridgehead atoms. The SMILES string of the molecule is CC(C)[C@H](CO)NC(=O)CC[C@@H]1NC(=O)N(Cc2ccco2)C1=O. The van der Waals surface area contributed by atoms with E-state index in [0.717, 1.165) is 4.90 Å². The zero-order valence-electron chi connectivity index (χ0n) is 13.8. The molecule has 1 aliphatic rings. The molecule has 132 valence electrons. The Balaban J connectivity index is 1.84. The number of amides is 4. The number of aliphatic hydroxyl groups is 1. The van der Waals surface area contributed by atoms with E-state index < -0.39 is 12.1 Å². The van der Waals surface area contributed by atoms with Crippen molar-refractivity contribution in [2.75, 3.05) is 6.61 Å². The highest BCUT2D eigenvalue weighted by Crippen LogP contribution is 2.15. The first-order valence-electron chi connectivity index (χ1n) is 7.96. The van der Waals surface area contributed by atoms with Crippen molar-refractivity contribution in [1.29, 1.82) is 0 Å². The number of rotatable bonds is 8. The summed E-state index contributed by atoms with van der Waals surface area (Å²) >= 11 is 0. The maximum Gasteiger partial charge on any atom is 0.325 e. The van der Waals surface area contributed by atoms with Gasteiger partial charge in [0.05, 0.1) is 25.5 Å². The summed E-state index contributed by atoms with van der Waals surface area (Å²) in [6.45, 7) is 3.72. The van der Waals surface area contributed by atoms with Crippen LogP contribution in [0.3, 0.4) is 0 Å². The van der Waals surface area contributed by atoms with Crippen molar-refractivity contribution < 1.29 is 23.9 Å². The van der Waals surface area contributed by atoms with E-state index >= 15 is 0 Å². The van der Waals surface area contributed by atoms with Crippen LogP contribution in [0.1, 0.15) is 32.4 Å². The molecule has 2 rings (SSSR count). The van der Waals surface area contributed by atoms with Gasteiger partial charge in [-0.1, -0.05) is 13.8 Å². The lowest BCUT2D eigenvalue weighted by molar-refractivity contribution is -0.128. The van der Waals surface area contributed by atoms with Gasteiger partial charge in [-0.25, -0.2) is 4.79 Å². The van der Waals surface area contributed by atoms with Crippen molar-refractivity contribution in [1.82, 2.24) is 15.5 Å². The Morgan fingerprint density at radius 2 is 2.21 bits per heavy atom. The molecule has 1 saturated heterocycles. The fraction of sp³-hybridized carbons (Fsp3) is 0.562. The molecule has 8 nitrogen and oxygen atoms in total. The molecular formula is C16H23N3O5. The Kier molecular flexibility index (Phi) is 5.97. The summed E-state index contributed by atoms with van der Waals surface area (Å²) in [6, 6.07) is 1.84. The Morgan fingerprint density at radius 3 is 2.79 bits per heavy atom. The fourth-order valence-corrected chi connectivity index (χ4v) is 2.46. The molecule has 1 aliphatic heterocycles. The summed E-state index contributed by atoms with van der Waals surface area (Å²) in [5, 5.41) is 14.5. The predicted octanol–water partition coefficient (Wildman–Crippen LogP) is 0.613. The average Bonchev–Trinajstić information content (AvgIpc) is 3.14. The number of furan rings is 1. The molecule has 0 spiro atoms. The van der Waals surface area contributed by atoms with Gasteiger partial charge in [0.25, 0.3) is 5.91 Å². The van der Waals surface area contributed by atoms with Crippen LogP contribution in [-0.4, -0.2) is 46.5 Å². The number of nitrogens with one attached hydrogen (secondary N) is 2. The number of hydrogen-bond donors (Lipinski definition) is 3. The van der Waals surface area contributed by atoms with Crippen LogP contribution in [-0.2, 0) is 16.1 Å². The summed E-state index contributed by atoms with van der Waals surface area (Å²) in [5.41, 5.74) is 0. The van der Waals surface area contributed by atoms with Gasteiger partial charge in [0.15, 0.2) is 0 Å². The van der Waals surface area contributed by atoms with Crippen molar-refractivity contribution in [3.63, 3.8) is 0 Å². The van der Waals surface area contributed by atoms with E-state index in [1.807, 2.05) is 13.8 Å². The third kappa shape index (κ3) is 4.35. The lowest BCUT2D eigenvalue weighted by Crippen LogP contribution is -2.42. The summed E-state index contributed by atoms with van der Waals surface area (Å²) in [4.78, 5) is 37.2. The molecule has 2 heterocycles. The van der Waals surface area contributed by atoms with E-state index in [-0.39, 0.29) is 49.8 Å². The van der Waals surface area contributed by atoms with Crippen LogP contribution in [0.15, 0.2) is 22.8 Å². The second-order valence-electron chi connectivity index (χ2n) is 6.15. The Hall–Kier alpha value is -2.35. The molecule has 0 saturated carbocycles. The summed E-state index contributed by atoms with van der Waals surface area (Å²) in [7, 11) is 0. The average molecular weight is 337 g/mol. The summed E-state index contributed by atoms with van der Waals surface area (Å²) < 4.78 is 5.14. The highest BCUT2D eigenvalue weighted by atomic mass is 16.3. The molecule has 1 aromatic rings. The van der Waals surface area contributed by atoms with E-state index in [4.69, 9.17) is 4.42 Å². The number of aliphatic hydroxyl groups excluding tert-OH is 1. The van der Waals surface area contributed by atoms with Crippen LogP contribution in [0.4, 0.5) is 4.79 Å². The summed E-state index contributed by atoms with van der Waals surface area (Å²) in [5.74, 6) is -0.00350. The van der Waals surface area contributed by atoms with Crippen molar-refractivity contribution >= 4 is 17.8 Å². The minimum Gasteiger partial charge on any atom is -0.467 e. The molecule has 0 unspecified atom stereocenters. The molecule has 4 amide bonds. The zero-order chi connectivity index (χ0) is 17.7. The molecular weight excluding hydrogens is 314 g/mol. The van der Waals surface area contributed by atoms with Crippen LogP contribution >= 0.6 is 0 Å². The van der Waals surface area contributed by atoms with Gasteiger partial charge in [0.1, 0.15) is 11.8 Å².